The van der Waals surface area contributed by atoms with Gasteiger partial charge in [-0.1, -0.05) is 12.1 Å². The van der Waals surface area contributed by atoms with Gasteiger partial charge in [0.25, 0.3) is 0 Å². The molecule has 0 aliphatic rings. The molecule has 4 aromatic rings. The van der Waals surface area contributed by atoms with Crippen LogP contribution in [0, 0.1) is 0 Å². The zero-order chi connectivity index (χ0) is 19.7. The maximum atomic E-state index is 12.5. The van der Waals surface area contributed by atoms with Crippen LogP contribution in [0.5, 0.6) is 5.75 Å². The standard InChI is InChI=1S/C22H24N4O2/c1-15(22-24-18-6-4-5-7-20(18)25(22)2)23-21(27)11-13-26-12-10-16-14-17(28-3)8-9-19(16)26/h4-10,12,14-15H,11,13H2,1-3H3,(H,23,27)/t15-/m1/s1. The lowest BCUT2D eigenvalue weighted by atomic mass is 10.2. The molecule has 2 aromatic carbocycles. The third-order valence-corrected chi connectivity index (χ3v) is 5.14. The Kier molecular flexibility index (Phi) is 4.77. The average molecular weight is 376 g/mol. The number of nitrogens with zero attached hydrogens (tertiary/aromatic N) is 3. The van der Waals surface area contributed by atoms with Gasteiger partial charge in [0.05, 0.1) is 24.2 Å². The number of fused-ring (bicyclic) bond motifs is 2. The number of nitrogens with one attached hydrogen (secondary N) is 1. The Morgan fingerprint density at radius 2 is 2.00 bits per heavy atom. The van der Waals surface area contributed by atoms with Crippen LogP contribution in [0.3, 0.4) is 0 Å². The second-order valence-corrected chi connectivity index (χ2v) is 6.99. The molecule has 0 unspecified atom stereocenters. The van der Waals surface area contributed by atoms with Gasteiger partial charge in [-0.15, -0.1) is 0 Å². The minimum Gasteiger partial charge on any atom is -0.497 e. The molecule has 0 radical (unpaired) electrons. The van der Waals surface area contributed by atoms with E-state index in [9.17, 15) is 4.79 Å². The van der Waals surface area contributed by atoms with Gasteiger partial charge in [0.1, 0.15) is 11.6 Å². The van der Waals surface area contributed by atoms with Crippen molar-refractivity contribution in [2.24, 2.45) is 7.05 Å². The van der Waals surface area contributed by atoms with E-state index in [4.69, 9.17) is 4.74 Å². The summed E-state index contributed by atoms with van der Waals surface area (Å²) < 4.78 is 9.39. The van der Waals surface area contributed by atoms with Gasteiger partial charge in [0.15, 0.2) is 0 Å². The molecule has 0 saturated heterocycles. The lowest BCUT2D eigenvalue weighted by Crippen LogP contribution is -2.29. The zero-order valence-electron chi connectivity index (χ0n) is 16.3. The van der Waals surface area contributed by atoms with E-state index in [0.29, 0.717) is 13.0 Å². The topological polar surface area (TPSA) is 61.1 Å². The Morgan fingerprint density at radius 3 is 2.79 bits per heavy atom. The molecule has 0 fully saturated rings. The first-order valence-electron chi connectivity index (χ1n) is 9.40. The van der Waals surface area contributed by atoms with Crippen molar-refractivity contribution in [3.05, 3.63) is 60.6 Å². The van der Waals surface area contributed by atoms with Gasteiger partial charge in [0, 0.05) is 37.1 Å². The number of aryl methyl sites for hydroxylation is 2. The first-order valence-corrected chi connectivity index (χ1v) is 9.40. The third-order valence-electron chi connectivity index (χ3n) is 5.14. The number of imidazole rings is 1. The summed E-state index contributed by atoms with van der Waals surface area (Å²) in [4.78, 5) is 17.2. The number of aromatic nitrogens is 3. The van der Waals surface area contributed by atoms with Crippen LogP contribution in [-0.2, 0) is 18.4 Å². The number of rotatable bonds is 6. The maximum Gasteiger partial charge on any atom is 0.222 e. The van der Waals surface area contributed by atoms with Crippen molar-refractivity contribution in [3.63, 3.8) is 0 Å². The normalized spacial score (nSPS) is 12.4. The molecule has 144 valence electrons. The van der Waals surface area contributed by atoms with Crippen LogP contribution in [0.15, 0.2) is 54.7 Å². The summed E-state index contributed by atoms with van der Waals surface area (Å²) in [7, 11) is 3.64. The molecule has 1 N–H and O–H groups in total. The quantitative estimate of drug-likeness (QED) is 0.557. The van der Waals surface area contributed by atoms with Gasteiger partial charge >= 0.3 is 0 Å². The zero-order valence-corrected chi connectivity index (χ0v) is 16.3. The summed E-state index contributed by atoms with van der Waals surface area (Å²) in [5.74, 6) is 1.70. The van der Waals surface area contributed by atoms with Gasteiger partial charge < -0.3 is 19.2 Å². The molecule has 6 nitrogen and oxygen atoms in total. The number of para-hydroxylation sites is 2. The molecular formula is C22H24N4O2. The number of benzene rings is 2. The number of carbonyl (C=O) groups is 1. The lowest BCUT2D eigenvalue weighted by molar-refractivity contribution is -0.122. The van der Waals surface area contributed by atoms with Crippen LogP contribution >= 0.6 is 0 Å². The fourth-order valence-corrected chi connectivity index (χ4v) is 3.65. The summed E-state index contributed by atoms with van der Waals surface area (Å²) in [5, 5.41) is 4.18. The molecule has 0 saturated carbocycles. The van der Waals surface area contributed by atoms with E-state index in [-0.39, 0.29) is 11.9 Å². The van der Waals surface area contributed by atoms with Gasteiger partial charge in [-0.05, 0) is 43.3 Å². The number of methoxy groups -OCH3 is 1. The van der Waals surface area contributed by atoms with Crippen molar-refractivity contribution in [2.45, 2.75) is 25.9 Å². The van der Waals surface area contributed by atoms with Crippen molar-refractivity contribution in [3.8, 4) is 5.75 Å². The smallest absolute Gasteiger partial charge is 0.222 e. The molecule has 28 heavy (non-hydrogen) atoms. The van der Waals surface area contributed by atoms with Crippen molar-refractivity contribution in [1.29, 1.82) is 0 Å². The molecule has 0 aliphatic heterocycles. The first kappa shape index (κ1) is 18.1. The van der Waals surface area contributed by atoms with Crippen molar-refractivity contribution in [2.75, 3.05) is 7.11 Å². The van der Waals surface area contributed by atoms with Crippen LogP contribution < -0.4 is 10.1 Å². The third kappa shape index (κ3) is 3.33. The number of hydrogen-bond acceptors (Lipinski definition) is 3. The molecule has 0 bridgehead atoms. The van der Waals surface area contributed by atoms with Crippen molar-refractivity contribution >= 4 is 27.8 Å². The molecule has 1 amide bonds. The van der Waals surface area contributed by atoms with E-state index in [1.54, 1.807) is 7.11 Å². The van der Waals surface area contributed by atoms with E-state index >= 15 is 0 Å². The van der Waals surface area contributed by atoms with Crippen LogP contribution in [-0.4, -0.2) is 27.1 Å². The molecule has 2 aromatic heterocycles. The number of amides is 1. The molecular weight excluding hydrogens is 352 g/mol. The summed E-state index contributed by atoms with van der Waals surface area (Å²) >= 11 is 0. The van der Waals surface area contributed by atoms with Gasteiger partial charge in [-0.2, -0.15) is 0 Å². The van der Waals surface area contributed by atoms with Crippen LogP contribution in [0.1, 0.15) is 25.2 Å². The minimum atomic E-state index is -0.157. The Morgan fingerprint density at radius 1 is 1.18 bits per heavy atom. The van der Waals surface area contributed by atoms with Gasteiger partial charge in [0.2, 0.25) is 5.91 Å². The summed E-state index contributed by atoms with van der Waals surface area (Å²) in [6.45, 7) is 2.59. The predicted molar refractivity (Wildman–Crippen MR) is 110 cm³/mol. The highest BCUT2D eigenvalue weighted by Gasteiger charge is 2.16. The number of hydrogen-bond donors (Lipinski definition) is 1. The first-order chi connectivity index (χ1) is 13.6. The summed E-state index contributed by atoms with van der Waals surface area (Å²) in [6, 6.07) is 15.8. The van der Waals surface area contributed by atoms with E-state index in [0.717, 1.165) is 33.5 Å². The number of ether oxygens (including phenoxy) is 1. The van der Waals surface area contributed by atoms with Gasteiger partial charge in [-0.25, -0.2) is 4.98 Å². The van der Waals surface area contributed by atoms with E-state index < -0.39 is 0 Å². The highest BCUT2D eigenvalue weighted by Crippen LogP contribution is 2.22. The molecule has 1 atom stereocenters. The largest absolute Gasteiger partial charge is 0.497 e. The highest BCUT2D eigenvalue weighted by atomic mass is 16.5. The van der Waals surface area contributed by atoms with Crippen molar-refractivity contribution in [1.82, 2.24) is 19.4 Å². The molecule has 6 heteroatoms. The fraction of sp³-hybridized carbons (Fsp3) is 0.273. The Balaban J connectivity index is 1.42. The maximum absolute atomic E-state index is 12.5. The SMILES string of the molecule is COc1ccc2c(ccn2CCC(=O)N[C@H](C)c2nc3ccccc3n2C)c1. The number of carbonyl (C=O) groups excluding carboxylic acids is 1. The summed E-state index contributed by atoms with van der Waals surface area (Å²) in [6.07, 6.45) is 2.41. The van der Waals surface area contributed by atoms with Crippen LogP contribution in [0.25, 0.3) is 21.9 Å². The van der Waals surface area contributed by atoms with Crippen LogP contribution in [0.4, 0.5) is 0 Å². The van der Waals surface area contributed by atoms with E-state index in [2.05, 4.69) is 14.9 Å². The molecule has 0 spiro atoms. The average Bonchev–Trinajstić information content (AvgIpc) is 3.27. The molecule has 0 aliphatic carbocycles. The predicted octanol–water partition coefficient (Wildman–Crippen LogP) is 3.80. The second kappa shape index (κ2) is 7.38. The van der Waals surface area contributed by atoms with Crippen molar-refractivity contribution < 1.29 is 9.53 Å². The Hall–Kier alpha value is -3.28. The highest BCUT2D eigenvalue weighted by molar-refractivity contribution is 5.82. The summed E-state index contributed by atoms with van der Waals surface area (Å²) in [5.41, 5.74) is 3.10. The van der Waals surface area contributed by atoms with Crippen LogP contribution in [0.2, 0.25) is 0 Å². The second-order valence-electron chi connectivity index (χ2n) is 6.99. The Labute approximate surface area is 163 Å². The monoisotopic (exact) mass is 376 g/mol. The molecule has 4 rings (SSSR count). The van der Waals surface area contributed by atoms with E-state index in [1.807, 2.05) is 73.3 Å². The molecule has 2 heterocycles. The minimum absolute atomic E-state index is 0.00918. The fourth-order valence-electron chi connectivity index (χ4n) is 3.65. The van der Waals surface area contributed by atoms with Gasteiger partial charge in [-0.3, -0.25) is 4.79 Å². The Bertz CT molecular complexity index is 1140. The lowest BCUT2D eigenvalue weighted by Gasteiger charge is -2.14. The van der Waals surface area contributed by atoms with E-state index in [1.165, 1.54) is 0 Å².